The minimum Gasteiger partial charge on any atom is -0.496 e. The van der Waals surface area contributed by atoms with Crippen LogP contribution in [0.3, 0.4) is 0 Å². The number of benzene rings is 2. The van der Waals surface area contributed by atoms with E-state index >= 15 is 0 Å². The summed E-state index contributed by atoms with van der Waals surface area (Å²) in [5.41, 5.74) is 2.76. The van der Waals surface area contributed by atoms with Gasteiger partial charge in [-0.25, -0.2) is 4.79 Å². The van der Waals surface area contributed by atoms with Crippen LogP contribution in [0.1, 0.15) is 46.2 Å². The van der Waals surface area contributed by atoms with Crippen LogP contribution in [-0.2, 0) is 0 Å². The maximum Gasteiger partial charge on any atom is 0.371 e. The predicted octanol–water partition coefficient (Wildman–Crippen LogP) is 4.90. The number of ether oxygens (including phenoxy) is 1. The van der Waals surface area contributed by atoms with Crippen molar-refractivity contribution in [3.05, 3.63) is 71.5 Å². The second-order valence-corrected chi connectivity index (χ2v) is 7.48. The first-order valence-corrected chi connectivity index (χ1v) is 9.93. The van der Waals surface area contributed by atoms with Crippen molar-refractivity contribution in [1.29, 1.82) is 0 Å². The molecule has 0 saturated heterocycles. The Bertz CT molecular complexity index is 1120. The van der Waals surface area contributed by atoms with E-state index in [1.165, 1.54) is 13.2 Å². The van der Waals surface area contributed by atoms with Crippen molar-refractivity contribution >= 4 is 34.9 Å². The van der Waals surface area contributed by atoms with E-state index in [4.69, 9.17) is 26.5 Å². The van der Waals surface area contributed by atoms with Gasteiger partial charge in [0.05, 0.1) is 12.7 Å². The average molecular weight is 439 g/mol. The van der Waals surface area contributed by atoms with Crippen LogP contribution in [0.4, 0.5) is 5.69 Å². The van der Waals surface area contributed by atoms with Gasteiger partial charge < -0.3 is 19.6 Å². The number of furan rings is 1. The van der Waals surface area contributed by atoms with Crippen molar-refractivity contribution in [3.63, 3.8) is 0 Å². The fraction of sp³-hybridized carbons (Fsp3) is 0.174. The summed E-state index contributed by atoms with van der Waals surface area (Å²) in [7, 11) is 1.50. The molecule has 1 amide bonds. The lowest BCUT2D eigenvalue weighted by Gasteiger charge is -2.13. The van der Waals surface area contributed by atoms with Crippen LogP contribution in [0, 0.1) is 0 Å². The molecule has 1 heterocycles. The first-order chi connectivity index (χ1) is 14.8. The number of carbonyl (C=O) groups is 2. The Hall–Kier alpha value is -3.65. The Labute approximate surface area is 185 Å². The van der Waals surface area contributed by atoms with Crippen molar-refractivity contribution in [3.8, 4) is 17.1 Å². The number of hydrogen-bond donors (Lipinski definition) is 3. The number of carboxylic acid groups (broad SMARTS) is 1. The molecule has 3 rings (SSSR count). The van der Waals surface area contributed by atoms with Gasteiger partial charge in [-0.15, -0.1) is 0 Å². The highest BCUT2D eigenvalue weighted by Crippen LogP contribution is 2.33. The molecule has 160 valence electrons. The summed E-state index contributed by atoms with van der Waals surface area (Å²) < 4.78 is 10.7. The zero-order valence-electron chi connectivity index (χ0n) is 17.3. The second-order valence-electron chi connectivity index (χ2n) is 7.07. The van der Waals surface area contributed by atoms with E-state index in [1.54, 1.807) is 36.4 Å². The molecule has 31 heavy (non-hydrogen) atoms. The zero-order valence-corrected chi connectivity index (χ0v) is 18.1. The monoisotopic (exact) mass is 438 g/mol. The number of anilines is 1. The number of rotatable bonds is 6. The molecule has 8 heteroatoms. The molecular formula is C23H22N2O5S. The van der Waals surface area contributed by atoms with Gasteiger partial charge in [-0.3, -0.25) is 10.1 Å². The number of hydrogen-bond acceptors (Lipinski definition) is 5. The van der Waals surface area contributed by atoms with Crippen LogP contribution >= 0.6 is 12.2 Å². The summed E-state index contributed by atoms with van der Waals surface area (Å²) in [6, 6.07) is 15.4. The van der Waals surface area contributed by atoms with Gasteiger partial charge in [0.25, 0.3) is 5.91 Å². The molecule has 3 aromatic rings. The minimum absolute atomic E-state index is 0.125. The molecule has 0 saturated carbocycles. The maximum absolute atomic E-state index is 12.5. The number of methoxy groups -OCH3 is 1. The SMILES string of the molecule is COc1ccc(NC(=S)NC(=O)c2ccc(C(C)C)cc2)cc1-c1ccc(C(=O)O)o1. The van der Waals surface area contributed by atoms with Crippen LogP contribution in [0.2, 0.25) is 0 Å². The molecule has 7 nitrogen and oxygen atoms in total. The summed E-state index contributed by atoms with van der Waals surface area (Å²) >= 11 is 5.26. The summed E-state index contributed by atoms with van der Waals surface area (Å²) in [5, 5.41) is 14.8. The molecule has 0 aliphatic rings. The second kappa shape index (κ2) is 9.44. The number of thiocarbonyl (C=S) groups is 1. The molecule has 0 aliphatic heterocycles. The summed E-state index contributed by atoms with van der Waals surface area (Å²) in [6.07, 6.45) is 0. The summed E-state index contributed by atoms with van der Waals surface area (Å²) in [5.74, 6) is -0.454. The molecule has 0 fully saturated rings. The largest absolute Gasteiger partial charge is 0.496 e. The van der Waals surface area contributed by atoms with E-state index < -0.39 is 5.97 Å². The van der Waals surface area contributed by atoms with Crippen LogP contribution < -0.4 is 15.4 Å². The zero-order chi connectivity index (χ0) is 22.5. The highest BCUT2D eigenvalue weighted by Gasteiger charge is 2.15. The van der Waals surface area contributed by atoms with Crippen LogP contribution in [-0.4, -0.2) is 29.2 Å². The Balaban J connectivity index is 1.73. The third-order valence-electron chi connectivity index (χ3n) is 4.61. The Morgan fingerprint density at radius 1 is 1.06 bits per heavy atom. The van der Waals surface area contributed by atoms with E-state index in [2.05, 4.69) is 24.5 Å². The Morgan fingerprint density at radius 3 is 2.35 bits per heavy atom. The van der Waals surface area contributed by atoms with Crippen LogP contribution in [0.5, 0.6) is 5.75 Å². The fourth-order valence-electron chi connectivity index (χ4n) is 2.93. The molecule has 0 unspecified atom stereocenters. The standard InChI is InChI=1S/C23H22N2O5S/c1-13(2)14-4-6-15(7-5-14)21(26)25-23(31)24-16-8-9-18(29-3)17(12-16)19-10-11-20(30-19)22(27)28/h4-13H,1-3H3,(H,27,28)(H2,24,25,26,31). The van der Waals surface area contributed by atoms with Gasteiger partial charge >= 0.3 is 5.97 Å². The molecule has 0 radical (unpaired) electrons. The number of nitrogens with one attached hydrogen (secondary N) is 2. The lowest BCUT2D eigenvalue weighted by atomic mass is 10.0. The normalized spacial score (nSPS) is 10.6. The molecule has 3 N–H and O–H groups in total. The topological polar surface area (TPSA) is 101 Å². The van der Waals surface area contributed by atoms with Gasteiger partial charge in [0.1, 0.15) is 11.5 Å². The number of carboxylic acids is 1. The average Bonchev–Trinajstić information content (AvgIpc) is 3.24. The molecular weight excluding hydrogens is 416 g/mol. The van der Waals surface area contributed by atoms with Crippen molar-refractivity contribution in [2.24, 2.45) is 0 Å². The lowest BCUT2D eigenvalue weighted by Crippen LogP contribution is -2.34. The number of carbonyl (C=O) groups excluding carboxylic acids is 1. The maximum atomic E-state index is 12.5. The van der Waals surface area contributed by atoms with Crippen LogP contribution in [0.15, 0.2) is 59.0 Å². The number of amides is 1. The summed E-state index contributed by atoms with van der Waals surface area (Å²) in [4.78, 5) is 23.5. The minimum atomic E-state index is -1.16. The molecule has 2 aromatic carbocycles. The van der Waals surface area contributed by atoms with Crippen LogP contribution in [0.25, 0.3) is 11.3 Å². The van der Waals surface area contributed by atoms with Crippen molar-refractivity contribution in [2.75, 3.05) is 12.4 Å². The first kappa shape index (κ1) is 22.0. The van der Waals surface area contributed by atoms with Gasteiger partial charge in [-0.1, -0.05) is 26.0 Å². The molecule has 1 aromatic heterocycles. The van der Waals surface area contributed by atoms with E-state index in [1.807, 2.05) is 12.1 Å². The molecule has 0 bridgehead atoms. The molecule has 0 spiro atoms. The van der Waals surface area contributed by atoms with E-state index in [-0.39, 0.29) is 16.8 Å². The van der Waals surface area contributed by atoms with E-state index in [9.17, 15) is 9.59 Å². The fourth-order valence-corrected chi connectivity index (χ4v) is 3.14. The van der Waals surface area contributed by atoms with Gasteiger partial charge in [0, 0.05) is 11.3 Å². The first-order valence-electron chi connectivity index (χ1n) is 9.52. The van der Waals surface area contributed by atoms with Crippen molar-refractivity contribution < 1.29 is 23.8 Å². The predicted molar refractivity (Wildman–Crippen MR) is 122 cm³/mol. The van der Waals surface area contributed by atoms with E-state index in [0.29, 0.717) is 34.2 Å². The van der Waals surface area contributed by atoms with Gasteiger partial charge in [0.15, 0.2) is 5.11 Å². The highest BCUT2D eigenvalue weighted by molar-refractivity contribution is 7.80. The van der Waals surface area contributed by atoms with Crippen molar-refractivity contribution in [2.45, 2.75) is 19.8 Å². The van der Waals surface area contributed by atoms with Gasteiger partial charge in [-0.05, 0) is 66.2 Å². The van der Waals surface area contributed by atoms with Crippen molar-refractivity contribution in [1.82, 2.24) is 5.32 Å². The third kappa shape index (κ3) is 5.29. The van der Waals surface area contributed by atoms with E-state index in [0.717, 1.165) is 5.56 Å². The lowest BCUT2D eigenvalue weighted by molar-refractivity contribution is 0.0663. The quantitative estimate of drug-likeness (QED) is 0.470. The Kier molecular flexibility index (Phi) is 6.71. The third-order valence-corrected chi connectivity index (χ3v) is 4.81. The van der Waals surface area contributed by atoms with Gasteiger partial charge in [0.2, 0.25) is 5.76 Å². The molecule has 0 aliphatic carbocycles. The summed E-state index contributed by atoms with van der Waals surface area (Å²) in [6.45, 7) is 4.17. The molecule has 0 atom stereocenters. The highest BCUT2D eigenvalue weighted by atomic mass is 32.1. The smallest absolute Gasteiger partial charge is 0.371 e. The van der Waals surface area contributed by atoms with Gasteiger partial charge in [-0.2, -0.15) is 0 Å². The Morgan fingerprint density at radius 2 is 1.77 bits per heavy atom. The number of aromatic carboxylic acids is 1.